The normalized spacial score (nSPS) is 10.5. The zero-order chi connectivity index (χ0) is 10.7. The van der Waals surface area contributed by atoms with Crippen LogP contribution in [0.4, 0.5) is 0 Å². The van der Waals surface area contributed by atoms with E-state index in [0.29, 0.717) is 11.6 Å². The van der Waals surface area contributed by atoms with Gasteiger partial charge in [-0.05, 0) is 30.7 Å². The van der Waals surface area contributed by atoms with E-state index in [1.54, 1.807) is 11.0 Å². The van der Waals surface area contributed by atoms with Crippen molar-refractivity contribution >= 4 is 11.6 Å². The van der Waals surface area contributed by atoms with Gasteiger partial charge in [0.15, 0.2) is 0 Å². The molecular weight excluding hydrogens is 212 g/mol. The fourth-order valence-corrected chi connectivity index (χ4v) is 1.75. The quantitative estimate of drug-likeness (QED) is 0.855. The van der Waals surface area contributed by atoms with Gasteiger partial charge in [0.1, 0.15) is 12.7 Å². The summed E-state index contributed by atoms with van der Waals surface area (Å²) >= 11 is 6.11. The molecule has 0 atom stereocenters. The molecule has 0 aliphatic heterocycles. The van der Waals surface area contributed by atoms with Gasteiger partial charge in [0, 0.05) is 5.02 Å². The van der Waals surface area contributed by atoms with E-state index >= 15 is 0 Å². The summed E-state index contributed by atoms with van der Waals surface area (Å²) in [6.45, 7) is 0.561. The maximum Gasteiger partial charge on any atom is 0.138 e. The van der Waals surface area contributed by atoms with Gasteiger partial charge in [-0.3, -0.25) is 0 Å². The molecule has 0 unspecified atom stereocenters. The van der Waals surface area contributed by atoms with Crippen molar-refractivity contribution in [2.75, 3.05) is 6.54 Å². The smallest absolute Gasteiger partial charge is 0.138 e. The Balaban J connectivity index is 2.51. The van der Waals surface area contributed by atoms with Crippen molar-refractivity contribution in [3.05, 3.63) is 41.4 Å². The highest BCUT2D eigenvalue weighted by molar-refractivity contribution is 6.31. The summed E-state index contributed by atoms with van der Waals surface area (Å²) < 4.78 is 1.69. The maximum atomic E-state index is 6.11. The van der Waals surface area contributed by atoms with Crippen molar-refractivity contribution in [2.24, 2.45) is 5.73 Å². The summed E-state index contributed by atoms with van der Waals surface area (Å²) in [5, 5.41) is 4.79. The first-order chi connectivity index (χ1) is 7.33. The van der Waals surface area contributed by atoms with Crippen molar-refractivity contribution < 1.29 is 0 Å². The molecule has 0 saturated heterocycles. The Bertz CT molecular complexity index is 439. The molecule has 15 heavy (non-hydrogen) atoms. The molecule has 2 N–H and O–H groups in total. The van der Waals surface area contributed by atoms with Gasteiger partial charge in [-0.1, -0.05) is 17.7 Å². The molecular formula is C10H11ClN4. The lowest BCUT2D eigenvalue weighted by molar-refractivity contribution is 0.849. The number of rotatable bonds is 3. The van der Waals surface area contributed by atoms with Crippen LogP contribution in [-0.4, -0.2) is 21.3 Å². The second-order valence-electron chi connectivity index (χ2n) is 3.12. The molecule has 0 bridgehead atoms. The summed E-state index contributed by atoms with van der Waals surface area (Å²) in [5.41, 5.74) is 7.49. The Hall–Kier alpha value is -1.39. The molecule has 0 aliphatic rings. The summed E-state index contributed by atoms with van der Waals surface area (Å²) in [7, 11) is 0. The van der Waals surface area contributed by atoms with Crippen LogP contribution in [0.15, 0.2) is 30.9 Å². The lowest BCUT2D eigenvalue weighted by Crippen LogP contribution is -2.07. The molecule has 1 aromatic heterocycles. The van der Waals surface area contributed by atoms with Crippen LogP contribution >= 0.6 is 11.6 Å². The van der Waals surface area contributed by atoms with Crippen LogP contribution in [-0.2, 0) is 6.42 Å². The molecule has 5 heteroatoms. The number of hydrogen-bond acceptors (Lipinski definition) is 3. The summed E-state index contributed by atoms with van der Waals surface area (Å²) in [4.78, 5) is 3.91. The van der Waals surface area contributed by atoms with E-state index in [9.17, 15) is 0 Å². The molecule has 0 radical (unpaired) electrons. The van der Waals surface area contributed by atoms with Gasteiger partial charge in [-0.2, -0.15) is 5.10 Å². The fraction of sp³-hybridized carbons (Fsp3) is 0.200. The third-order valence-corrected chi connectivity index (χ3v) is 2.51. The first-order valence-electron chi connectivity index (χ1n) is 4.65. The average Bonchev–Trinajstić information content (AvgIpc) is 2.74. The Morgan fingerprint density at radius 3 is 2.93 bits per heavy atom. The lowest BCUT2D eigenvalue weighted by Gasteiger charge is -2.09. The molecule has 0 saturated carbocycles. The van der Waals surface area contributed by atoms with Gasteiger partial charge in [0.05, 0.1) is 5.69 Å². The highest BCUT2D eigenvalue weighted by Gasteiger charge is 2.07. The molecule has 78 valence electrons. The fourth-order valence-electron chi connectivity index (χ4n) is 1.49. The van der Waals surface area contributed by atoms with Crippen LogP contribution < -0.4 is 5.73 Å². The monoisotopic (exact) mass is 222 g/mol. The minimum Gasteiger partial charge on any atom is -0.330 e. The second kappa shape index (κ2) is 4.42. The van der Waals surface area contributed by atoms with Gasteiger partial charge in [0.2, 0.25) is 0 Å². The molecule has 0 spiro atoms. The van der Waals surface area contributed by atoms with E-state index in [1.807, 2.05) is 18.2 Å². The average molecular weight is 223 g/mol. The SMILES string of the molecule is NCCc1c(Cl)cccc1-n1cncn1. The Morgan fingerprint density at radius 1 is 1.40 bits per heavy atom. The third kappa shape index (κ3) is 2.00. The minimum atomic E-state index is 0.561. The standard InChI is InChI=1S/C10H11ClN4/c11-9-2-1-3-10(8(9)4-5-12)15-7-13-6-14-15/h1-3,6-7H,4-5,12H2. The first kappa shape index (κ1) is 10.1. The molecule has 4 nitrogen and oxygen atoms in total. The number of nitrogens with zero attached hydrogens (tertiary/aromatic N) is 3. The summed E-state index contributed by atoms with van der Waals surface area (Å²) in [6.07, 6.45) is 3.87. The second-order valence-corrected chi connectivity index (χ2v) is 3.52. The number of hydrogen-bond donors (Lipinski definition) is 1. The topological polar surface area (TPSA) is 56.7 Å². The summed E-state index contributed by atoms with van der Waals surface area (Å²) in [5.74, 6) is 0. The molecule has 1 heterocycles. The van der Waals surface area contributed by atoms with Crippen molar-refractivity contribution in [1.29, 1.82) is 0 Å². The maximum absolute atomic E-state index is 6.11. The van der Waals surface area contributed by atoms with Crippen molar-refractivity contribution in [2.45, 2.75) is 6.42 Å². The van der Waals surface area contributed by atoms with Crippen molar-refractivity contribution in [3.8, 4) is 5.69 Å². The molecule has 1 aromatic carbocycles. The van der Waals surface area contributed by atoms with E-state index in [0.717, 1.165) is 17.7 Å². The number of halogens is 1. The number of benzene rings is 1. The summed E-state index contributed by atoms with van der Waals surface area (Å²) in [6, 6.07) is 5.69. The molecule has 0 amide bonds. The number of aromatic nitrogens is 3. The predicted octanol–water partition coefficient (Wildman–Crippen LogP) is 1.42. The lowest BCUT2D eigenvalue weighted by atomic mass is 10.1. The Labute approximate surface area is 92.7 Å². The first-order valence-corrected chi connectivity index (χ1v) is 5.03. The number of nitrogens with two attached hydrogens (primary N) is 1. The zero-order valence-electron chi connectivity index (χ0n) is 8.10. The van der Waals surface area contributed by atoms with Crippen LogP contribution in [0.2, 0.25) is 5.02 Å². The highest BCUT2D eigenvalue weighted by atomic mass is 35.5. The third-order valence-electron chi connectivity index (χ3n) is 2.15. The van der Waals surface area contributed by atoms with Crippen LogP contribution in [0.25, 0.3) is 5.69 Å². The van der Waals surface area contributed by atoms with Crippen LogP contribution in [0.5, 0.6) is 0 Å². The Morgan fingerprint density at radius 2 is 2.27 bits per heavy atom. The van der Waals surface area contributed by atoms with E-state index in [1.165, 1.54) is 6.33 Å². The van der Waals surface area contributed by atoms with E-state index < -0.39 is 0 Å². The largest absolute Gasteiger partial charge is 0.330 e. The van der Waals surface area contributed by atoms with Gasteiger partial charge in [-0.25, -0.2) is 9.67 Å². The molecule has 0 fully saturated rings. The Kier molecular flexibility index (Phi) is 2.99. The zero-order valence-corrected chi connectivity index (χ0v) is 8.85. The van der Waals surface area contributed by atoms with Gasteiger partial charge in [0.25, 0.3) is 0 Å². The van der Waals surface area contributed by atoms with E-state index in [-0.39, 0.29) is 0 Å². The van der Waals surface area contributed by atoms with Crippen LogP contribution in [0, 0.1) is 0 Å². The highest BCUT2D eigenvalue weighted by Crippen LogP contribution is 2.22. The molecule has 2 rings (SSSR count). The van der Waals surface area contributed by atoms with Crippen molar-refractivity contribution in [3.63, 3.8) is 0 Å². The van der Waals surface area contributed by atoms with Crippen LogP contribution in [0.3, 0.4) is 0 Å². The van der Waals surface area contributed by atoms with Crippen LogP contribution in [0.1, 0.15) is 5.56 Å². The van der Waals surface area contributed by atoms with Crippen molar-refractivity contribution in [1.82, 2.24) is 14.8 Å². The van der Waals surface area contributed by atoms with Gasteiger partial charge in [-0.15, -0.1) is 0 Å². The van der Waals surface area contributed by atoms with Gasteiger partial charge < -0.3 is 5.73 Å². The molecule has 2 aromatic rings. The van der Waals surface area contributed by atoms with E-state index in [2.05, 4.69) is 10.1 Å². The van der Waals surface area contributed by atoms with Gasteiger partial charge >= 0.3 is 0 Å². The minimum absolute atomic E-state index is 0.561. The van der Waals surface area contributed by atoms with E-state index in [4.69, 9.17) is 17.3 Å². The predicted molar refractivity (Wildman–Crippen MR) is 59.1 cm³/mol. The molecule has 0 aliphatic carbocycles.